The Labute approximate surface area is 175 Å². The van der Waals surface area contributed by atoms with Crippen LogP contribution in [0.15, 0.2) is 91.7 Å². The van der Waals surface area contributed by atoms with Gasteiger partial charge in [-0.15, -0.1) is 0 Å². The first-order valence-corrected chi connectivity index (χ1v) is 10.3. The molecule has 2 aromatic carbocycles. The number of pyridine rings is 1. The quantitative estimate of drug-likeness (QED) is 0.401. The summed E-state index contributed by atoms with van der Waals surface area (Å²) in [5, 5.41) is 1.30. The predicted molar refractivity (Wildman–Crippen MR) is 125 cm³/mol. The van der Waals surface area contributed by atoms with E-state index in [2.05, 4.69) is 101 Å². The first-order chi connectivity index (χ1) is 14.8. The molecule has 0 amide bonds. The first kappa shape index (κ1) is 17.0. The number of benzene rings is 2. The number of rotatable bonds is 2. The summed E-state index contributed by atoms with van der Waals surface area (Å²) in [5.41, 5.74) is 8.34. The van der Waals surface area contributed by atoms with Gasteiger partial charge in [0.2, 0.25) is 0 Å². The van der Waals surface area contributed by atoms with Crippen LogP contribution in [0.4, 0.5) is 11.5 Å². The fourth-order valence-electron chi connectivity index (χ4n) is 4.64. The lowest BCUT2D eigenvalue weighted by Crippen LogP contribution is -2.18. The summed E-state index contributed by atoms with van der Waals surface area (Å²) in [5.74, 6) is 0.941. The lowest BCUT2D eigenvalue weighted by Gasteiger charge is -2.24. The molecule has 0 saturated heterocycles. The van der Waals surface area contributed by atoms with Crippen LogP contribution in [0.2, 0.25) is 0 Å². The second kappa shape index (κ2) is 6.60. The van der Waals surface area contributed by atoms with Crippen LogP contribution in [0.1, 0.15) is 16.8 Å². The second-order valence-electron chi connectivity index (χ2n) is 7.75. The first-order valence-electron chi connectivity index (χ1n) is 10.3. The van der Waals surface area contributed by atoms with Crippen LogP contribution in [0.25, 0.3) is 28.2 Å². The number of nitrogens with zero attached hydrogens (tertiary/aromatic N) is 3. The molecule has 2 aromatic heterocycles. The lowest BCUT2D eigenvalue weighted by molar-refractivity contribution is 0.988. The van der Waals surface area contributed by atoms with Crippen molar-refractivity contribution in [2.24, 2.45) is 0 Å². The standard InChI is InChI=1S/C27H21N3/c1-19-8-7-17-29(24-12-4-2-9-21(19)24)27-16-15-20(18-28-27)30-25-13-5-3-10-22(25)23-11-6-14-26(23)30/h2-13,15-16,18H,1,14,17H2. The van der Waals surface area contributed by atoms with Crippen molar-refractivity contribution < 1.29 is 0 Å². The number of para-hydroxylation sites is 2. The van der Waals surface area contributed by atoms with Crippen molar-refractivity contribution in [3.05, 3.63) is 108 Å². The molecule has 0 N–H and O–H groups in total. The minimum atomic E-state index is 0.772. The van der Waals surface area contributed by atoms with E-state index in [-0.39, 0.29) is 0 Å². The van der Waals surface area contributed by atoms with Crippen molar-refractivity contribution >= 4 is 34.1 Å². The molecule has 0 fully saturated rings. The third-order valence-electron chi connectivity index (χ3n) is 6.03. The van der Waals surface area contributed by atoms with Crippen molar-refractivity contribution in [2.45, 2.75) is 6.42 Å². The maximum atomic E-state index is 4.88. The van der Waals surface area contributed by atoms with E-state index in [1.165, 1.54) is 22.2 Å². The van der Waals surface area contributed by atoms with E-state index in [0.29, 0.717) is 0 Å². The van der Waals surface area contributed by atoms with Gasteiger partial charge in [0.15, 0.2) is 0 Å². The van der Waals surface area contributed by atoms with Gasteiger partial charge in [-0.05, 0) is 29.8 Å². The molecule has 0 spiro atoms. The maximum Gasteiger partial charge on any atom is 0.133 e. The highest BCUT2D eigenvalue weighted by Crippen LogP contribution is 2.36. The van der Waals surface area contributed by atoms with E-state index >= 15 is 0 Å². The van der Waals surface area contributed by atoms with Crippen molar-refractivity contribution in [2.75, 3.05) is 11.4 Å². The Morgan fingerprint density at radius 1 is 0.867 bits per heavy atom. The van der Waals surface area contributed by atoms with Crippen LogP contribution in [-0.4, -0.2) is 16.1 Å². The highest BCUT2D eigenvalue weighted by atomic mass is 15.2. The Bertz CT molecular complexity index is 1350. The number of fused-ring (bicyclic) bond motifs is 4. The zero-order chi connectivity index (χ0) is 20.1. The summed E-state index contributed by atoms with van der Waals surface area (Å²) >= 11 is 0. The molecule has 4 aromatic rings. The van der Waals surface area contributed by atoms with E-state index in [1.54, 1.807) is 0 Å². The summed E-state index contributed by atoms with van der Waals surface area (Å²) in [6, 6.07) is 21.3. The molecular formula is C27H21N3. The highest BCUT2D eigenvalue weighted by Gasteiger charge is 2.20. The Balaban J connectivity index is 1.45. The third kappa shape index (κ3) is 2.49. The number of aromatic nitrogens is 2. The van der Waals surface area contributed by atoms with Gasteiger partial charge in [0.25, 0.3) is 0 Å². The van der Waals surface area contributed by atoms with Gasteiger partial charge in [-0.1, -0.05) is 67.3 Å². The molecule has 30 heavy (non-hydrogen) atoms. The van der Waals surface area contributed by atoms with Gasteiger partial charge in [-0.25, -0.2) is 4.98 Å². The van der Waals surface area contributed by atoms with Gasteiger partial charge in [-0.3, -0.25) is 0 Å². The molecule has 1 aliphatic heterocycles. The molecule has 6 rings (SSSR count). The minimum absolute atomic E-state index is 0.772. The van der Waals surface area contributed by atoms with E-state index in [0.717, 1.165) is 41.3 Å². The van der Waals surface area contributed by atoms with Crippen molar-refractivity contribution in [1.82, 2.24) is 9.55 Å². The van der Waals surface area contributed by atoms with Crippen LogP contribution in [0.5, 0.6) is 0 Å². The molecule has 3 heteroatoms. The fraction of sp³-hybridized carbons (Fsp3) is 0.0741. The predicted octanol–water partition coefficient (Wildman–Crippen LogP) is 6.32. The molecule has 0 bridgehead atoms. The molecule has 0 atom stereocenters. The maximum absolute atomic E-state index is 4.88. The monoisotopic (exact) mass is 387 g/mol. The average molecular weight is 387 g/mol. The zero-order valence-corrected chi connectivity index (χ0v) is 16.6. The van der Waals surface area contributed by atoms with Gasteiger partial charge < -0.3 is 9.47 Å². The number of hydrogen-bond donors (Lipinski definition) is 0. The third-order valence-corrected chi connectivity index (χ3v) is 6.03. The summed E-state index contributed by atoms with van der Waals surface area (Å²) in [6.07, 6.45) is 11.7. The summed E-state index contributed by atoms with van der Waals surface area (Å²) < 4.78 is 2.35. The summed E-state index contributed by atoms with van der Waals surface area (Å²) in [4.78, 5) is 7.12. The molecule has 2 aliphatic rings. The van der Waals surface area contributed by atoms with Gasteiger partial charge >= 0.3 is 0 Å². The van der Waals surface area contributed by atoms with Gasteiger partial charge in [0.1, 0.15) is 5.82 Å². The van der Waals surface area contributed by atoms with Crippen LogP contribution in [-0.2, 0) is 6.42 Å². The Morgan fingerprint density at radius 3 is 2.63 bits per heavy atom. The molecular weight excluding hydrogens is 366 g/mol. The summed E-state index contributed by atoms with van der Waals surface area (Å²) in [6.45, 7) is 4.98. The zero-order valence-electron chi connectivity index (χ0n) is 16.6. The molecule has 0 radical (unpaired) electrons. The highest BCUT2D eigenvalue weighted by molar-refractivity contribution is 5.94. The van der Waals surface area contributed by atoms with Crippen LogP contribution in [0.3, 0.4) is 0 Å². The van der Waals surface area contributed by atoms with E-state index in [1.807, 2.05) is 6.20 Å². The molecule has 3 nitrogen and oxygen atoms in total. The van der Waals surface area contributed by atoms with E-state index < -0.39 is 0 Å². The number of anilines is 2. The fourth-order valence-corrected chi connectivity index (χ4v) is 4.64. The molecule has 1 aliphatic carbocycles. The SMILES string of the molecule is C=C1C=CCN(c2ccc(-n3c4c(c5ccccc53)C=CC4)cn2)c2ccccc21. The average Bonchev–Trinajstić information content (AvgIpc) is 3.33. The largest absolute Gasteiger partial charge is 0.322 e. The van der Waals surface area contributed by atoms with Gasteiger partial charge in [0.05, 0.1) is 23.1 Å². The normalized spacial score (nSPS) is 14.8. The Kier molecular flexibility index (Phi) is 3.75. The van der Waals surface area contributed by atoms with Crippen LogP contribution < -0.4 is 4.90 Å². The second-order valence-corrected chi connectivity index (χ2v) is 7.75. The molecule has 0 saturated carbocycles. The van der Waals surface area contributed by atoms with E-state index in [9.17, 15) is 0 Å². The van der Waals surface area contributed by atoms with Crippen molar-refractivity contribution in [1.29, 1.82) is 0 Å². The lowest BCUT2D eigenvalue weighted by atomic mass is 10.1. The smallest absolute Gasteiger partial charge is 0.133 e. The molecule has 0 unspecified atom stereocenters. The van der Waals surface area contributed by atoms with Crippen molar-refractivity contribution in [3.8, 4) is 5.69 Å². The topological polar surface area (TPSA) is 21.1 Å². The van der Waals surface area contributed by atoms with E-state index in [4.69, 9.17) is 4.98 Å². The Morgan fingerprint density at radius 2 is 1.73 bits per heavy atom. The number of hydrogen-bond acceptors (Lipinski definition) is 2. The molecule has 144 valence electrons. The minimum Gasteiger partial charge on any atom is -0.322 e. The molecule has 3 heterocycles. The Hall–Kier alpha value is -3.85. The van der Waals surface area contributed by atoms with Gasteiger partial charge in [0, 0.05) is 35.2 Å². The van der Waals surface area contributed by atoms with Gasteiger partial charge in [-0.2, -0.15) is 0 Å². The summed E-state index contributed by atoms with van der Waals surface area (Å²) in [7, 11) is 0. The van der Waals surface area contributed by atoms with Crippen molar-refractivity contribution in [3.63, 3.8) is 0 Å². The van der Waals surface area contributed by atoms with Crippen LogP contribution in [0, 0.1) is 0 Å². The number of allylic oxidation sites excluding steroid dienone is 3. The van der Waals surface area contributed by atoms with Crippen LogP contribution >= 0.6 is 0 Å².